The van der Waals surface area contributed by atoms with Gasteiger partial charge in [0.25, 0.3) is 5.56 Å². The number of hydrogen-bond donors (Lipinski definition) is 0. The zero-order chi connectivity index (χ0) is 14.0. The highest BCUT2D eigenvalue weighted by molar-refractivity contribution is 14.1. The molecule has 0 aliphatic carbocycles. The van der Waals surface area contributed by atoms with Gasteiger partial charge in [0, 0.05) is 15.8 Å². The second kappa shape index (κ2) is 5.36. The largest absolute Gasteiger partial charge is 0.416 e. The van der Waals surface area contributed by atoms with Crippen LogP contribution in [-0.4, -0.2) is 4.57 Å². The Balaban J connectivity index is 2.34. The summed E-state index contributed by atoms with van der Waals surface area (Å²) in [6, 6.07) is 8.05. The number of aromatic nitrogens is 1. The fourth-order valence-electron chi connectivity index (χ4n) is 1.67. The van der Waals surface area contributed by atoms with Crippen LogP contribution in [-0.2, 0) is 12.7 Å². The van der Waals surface area contributed by atoms with Crippen molar-refractivity contribution in [1.82, 2.24) is 4.57 Å². The third-order valence-corrected chi connectivity index (χ3v) is 3.19. The number of alkyl halides is 3. The van der Waals surface area contributed by atoms with Crippen LogP contribution in [0, 0.1) is 3.57 Å². The van der Waals surface area contributed by atoms with E-state index in [-0.39, 0.29) is 12.1 Å². The van der Waals surface area contributed by atoms with Crippen molar-refractivity contribution in [2.75, 3.05) is 0 Å². The first-order chi connectivity index (χ1) is 8.86. The van der Waals surface area contributed by atoms with Gasteiger partial charge < -0.3 is 4.57 Å². The molecule has 0 aliphatic heterocycles. The van der Waals surface area contributed by atoms with Crippen LogP contribution >= 0.6 is 22.6 Å². The summed E-state index contributed by atoms with van der Waals surface area (Å²) in [5, 5.41) is 0. The maximum Gasteiger partial charge on any atom is 0.416 e. The summed E-state index contributed by atoms with van der Waals surface area (Å²) in [7, 11) is 0. The van der Waals surface area contributed by atoms with E-state index in [0.29, 0.717) is 5.56 Å². The van der Waals surface area contributed by atoms with Gasteiger partial charge in [-0.2, -0.15) is 13.2 Å². The van der Waals surface area contributed by atoms with Crippen molar-refractivity contribution >= 4 is 22.6 Å². The molecule has 0 unspecified atom stereocenters. The van der Waals surface area contributed by atoms with Gasteiger partial charge in [0.05, 0.1) is 12.1 Å². The lowest BCUT2D eigenvalue weighted by molar-refractivity contribution is -0.137. The van der Waals surface area contributed by atoms with E-state index in [1.54, 1.807) is 18.3 Å². The van der Waals surface area contributed by atoms with Gasteiger partial charge in [0.15, 0.2) is 0 Å². The Morgan fingerprint density at radius 3 is 2.58 bits per heavy atom. The van der Waals surface area contributed by atoms with Crippen molar-refractivity contribution in [3.8, 4) is 0 Å². The van der Waals surface area contributed by atoms with Crippen molar-refractivity contribution < 1.29 is 13.2 Å². The highest BCUT2D eigenvalue weighted by atomic mass is 127. The normalized spacial score (nSPS) is 11.6. The molecule has 0 radical (unpaired) electrons. The van der Waals surface area contributed by atoms with E-state index in [1.807, 2.05) is 22.6 Å². The second-order valence-corrected chi connectivity index (χ2v) is 5.26. The Hall–Kier alpha value is -1.31. The van der Waals surface area contributed by atoms with Crippen LogP contribution in [0.5, 0.6) is 0 Å². The molecule has 6 heteroatoms. The van der Waals surface area contributed by atoms with Gasteiger partial charge in [-0.1, -0.05) is 12.1 Å². The van der Waals surface area contributed by atoms with Crippen molar-refractivity contribution in [2.24, 2.45) is 0 Å². The lowest BCUT2D eigenvalue weighted by atomic mass is 10.1. The highest BCUT2D eigenvalue weighted by Crippen LogP contribution is 2.29. The minimum absolute atomic E-state index is 0.125. The smallest absolute Gasteiger partial charge is 0.310 e. The first kappa shape index (κ1) is 14.1. The quantitative estimate of drug-likeness (QED) is 0.732. The molecule has 0 saturated heterocycles. The minimum atomic E-state index is -4.37. The molecular formula is C13H9F3INO. The molecule has 0 bridgehead atoms. The number of benzene rings is 1. The fraction of sp³-hybridized carbons (Fsp3) is 0.154. The summed E-state index contributed by atoms with van der Waals surface area (Å²) in [4.78, 5) is 11.6. The predicted octanol–water partition coefficient (Wildman–Crippen LogP) is 3.52. The molecule has 0 N–H and O–H groups in total. The average Bonchev–Trinajstić information content (AvgIpc) is 2.33. The van der Waals surface area contributed by atoms with Gasteiger partial charge in [-0.15, -0.1) is 0 Å². The number of nitrogens with zero attached hydrogens (tertiary/aromatic N) is 1. The topological polar surface area (TPSA) is 22.0 Å². The summed E-state index contributed by atoms with van der Waals surface area (Å²) < 4.78 is 40.0. The van der Waals surface area contributed by atoms with E-state index in [2.05, 4.69) is 0 Å². The van der Waals surface area contributed by atoms with Gasteiger partial charge in [0.2, 0.25) is 0 Å². The molecule has 0 fully saturated rings. The molecule has 0 atom stereocenters. The zero-order valence-electron chi connectivity index (χ0n) is 9.62. The monoisotopic (exact) mass is 379 g/mol. The predicted molar refractivity (Wildman–Crippen MR) is 74.0 cm³/mol. The SMILES string of the molecule is O=c1ccc(I)cn1Cc1cccc(C(F)(F)F)c1. The molecular weight excluding hydrogens is 370 g/mol. The van der Waals surface area contributed by atoms with Gasteiger partial charge >= 0.3 is 6.18 Å². The number of pyridine rings is 1. The molecule has 0 spiro atoms. The Kier molecular flexibility index (Phi) is 3.98. The minimum Gasteiger partial charge on any atom is -0.310 e. The maximum absolute atomic E-state index is 12.6. The third-order valence-electron chi connectivity index (χ3n) is 2.55. The summed E-state index contributed by atoms with van der Waals surface area (Å²) in [6.07, 6.45) is -2.75. The lowest BCUT2D eigenvalue weighted by Crippen LogP contribution is -2.19. The third kappa shape index (κ3) is 3.59. The van der Waals surface area contributed by atoms with Gasteiger partial charge in [0.1, 0.15) is 0 Å². The number of halogens is 4. The van der Waals surface area contributed by atoms with Crippen molar-refractivity contribution in [1.29, 1.82) is 0 Å². The van der Waals surface area contributed by atoms with E-state index in [4.69, 9.17) is 0 Å². The van der Waals surface area contributed by atoms with Crippen LogP contribution in [0.2, 0.25) is 0 Å². The number of hydrogen-bond acceptors (Lipinski definition) is 1. The standard InChI is InChI=1S/C13H9F3INO/c14-13(15,16)10-3-1-2-9(6-10)7-18-8-11(17)4-5-12(18)19/h1-6,8H,7H2. The molecule has 1 aromatic heterocycles. The van der Waals surface area contributed by atoms with Crippen LogP contribution in [0.25, 0.3) is 0 Å². The lowest BCUT2D eigenvalue weighted by Gasteiger charge is -2.10. The van der Waals surface area contributed by atoms with Crippen molar-refractivity contribution in [3.05, 3.63) is 67.6 Å². The summed E-state index contributed by atoms with van der Waals surface area (Å²) >= 11 is 2.04. The number of rotatable bonds is 2. The van der Waals surface area contributed by atoms with E-state index >= 15 is 0 Å². The first-order valence-corrected chi connectivity index (χ1v) is 6.46. The van der Waals surface area contributed by atoms with Crippen molar-refractivity contribution in [2.45, 2.75) is 12.7 Å². The summed E-state index contributed by atoms with van der Waals surface area (Å²) in [6.45, 7) is 0.125. The second-order valence-electron chi connectivity index (χ2n) is 4.01. The van der Waals surface area contributed by atoms with Crippen molar-refractivity contribution in [3.63, 3.8) is 0 Å². The highest BCUT2D eigenvalue weighted by Gasteiger charge is 2.30. The van der Waals surface area contributed by atoms with Crippen LogP contribution in [0.4, 0.5) is 13.2 Å². The van der Waals surface area contributed by atoms with Crippen LogP contribution in [0.3, 0.4) is 0 Å². The van der Waals surface area contributed by atoms with Gasteiger partial charge in [-0.3, -0.25) is 4.79 Å². The molecule has 1 aromatic carbocycles. The molecule has 0 saturated carbocycles. The van der Waals surface area contributed by atoms with Crippen LogP contribution in [0.15, 0.2) is 47.4 Å². The van der Waals surface area contributed by atoms with E-state index in [0.717, 1.165) is 15.7 Å². The summed E-state index contributed by atoms with van der Waals surface area (Å²) in [5.74, 6) is 0. The van der Waals surface area contributed by atoms with E-state index in [1.165, 1.54) is 16.7 Å². The Bertz CT molecular complexity index is 649. The zero-order valence-corrected chi connectivity index (χ0v) is 11.8. The average molecular weight is 379 g/mol. The van der Waals surface area contributed by atoms with E-state index < -0.39 is 11.7 Å². The van der Waals surface area contributed by atoms with Gasteiger partial charge in [-0.05, 0) is 46.4 Å². The summed E-state index contributed by atoms with van der Waals surface area (Å²) in [5.41, 5.74) is -0.500. The molecule has 2 aromatic rings. The molecule has 2 rings (SSSR count). The van der Waals surface area contributed by atoms with Crippen LogP contribution < -0.4 is 5.56 Å². The Morgan fingerprint density at radius 1 is 1.16 bits per heavy atom. The molecule has 2 nitrogen and oxygen atoms in total. The first-order valence-electron chi connectivity index (χ1n) is 5.38. The molecule has 0 amide bonds. The van der Waals surface area contributed by atoms with Crippen LogP contribution in [0.1, 0.15) is 11.1 Å². The Morgan fingerprint density at radius 2 is 1.89 bits per heavy atom. The van der Waals surface area contributed by atoms with E-state index in [9.17, 15) is 18.0 Å². The van der Waals surface area contributed by atoms with Gasteiger partial charge in [-0.25, -0.2) is 0 Å². The maximum atomic E-state index is 12.6. The molecule has 19 heavy (non-hydrogen) atoms. The molecule has 100 valence electrons. The fourth-order valence-corrected chi connectivity index (χ4v) is 2.18. The molecule has 1 heterocycles. The Labute approximate surface area is 121 Å². The molecule has 0 aliphatic rings.